The maximum absolute atomic E-state index is 12.2. The van der Waals surface area contributed by atoms with E-state index in [1.807, 2.05) is 0 Å². The summed E-state index contributed by atoms with van der Waals surface area (Å²) < 4.78 is 20.5. The van der Waals surface area contributed by atoms with E-state index >= 15 is 0 Å². The zero-order valence-electron chi connectivity index (χ0n) is 18.3. The number of carbonyl (C=O) groups is 4. The molecule has 0 aromatic heterocycles. The van der Waals surface area contributed by atoms with Crippen LogP contribution in [0.4, 0.5) is 0 Å². The van der Waals surface area contributed by atoms with Crippen LogP contribution in [0.25, 0.3) is 0 Å². The third-order valence-electron chi connectivity index (χ3n) is 3.98. The molecule has 0 aliphatic rings. The summed E-state index contributed by atoms with van der Waals surface area (Å²) in [6.45, 7) is 6.33. The van der Waals surface area contributed by atoms with Gasteiger partial charge in [0.05, 0.1) is 0 Å². The van der Waals surface area contributed by atoms with Gasteiger partial charge in [-0.3, -0.25) is 0 Å². The number of rotatable bonds is 16. The fourth-order valence-corrected chi connectivity index (χ4v) is 7.50. The Kier molecular flexibility index (Phi) is 15.7. The summed E-state index contributed by atoms with van der Waals surface area (Å²) in [5, 5.41) is 0. The first-order chi connectivity index (χ1) is 13.7. The molecule has 0 atom stereocenters. The van der Waals surface area contributed by atoms with Crippen LogP contribution < -0.4 is 0 Å². The van der Waals surface area contributed by atoms with Crippen molar-refractivity contribution in [1.82, 2.24) is 0 Å². The quantitative estimate of drug-likeness (QED) is 0.217. The van der Waals surface area contributed by atoms with Crippen molar-refractivity contribution >= 4 is 43.9 Å². The Morgan fingerprint density at radius 2 is 0.897 bits per heavy atom. The van der Waals surface area contributed by atoms with E-state index in [0.29, 0.717) is 12.8 Å². The average Bonchev–Trinajstić information content (AvgIpc) is 2.59. The van der Waals surface area contributed by atoms with Crippen molar-refractivity contribution in [2.75, 3.05) is 0 Å². The zero-order valence-corrected chi connectivity index (χ0v) is 21.1. The summed E-state index contributed by atoms with van der Waals surface area (Å²) in [6.07, 6.45) is 9.34. The van der Waals surface area contributed by atoms with Gasteiger partial charge in [-0.25, -0.2) is 0 Å². The second kappa shape index (κ2) is 16.5. The van der Waals surface area contributed by atoms with Crippen molar-refractivity contribution in [2.45, 2.75) is 105 Å². The van der Waals surface area contributed by atoms with E-state index in [-0.39, 0.29) is 12.8 Å². The fraction of sp³-hybridized carbons (Fsp3) is 0.800. The SMILES string of the molecule is CCCCCCCC(=O)[O][Sn]([O]C(C)=O)([O]C(C)=O)[O]C(=O)CCCCCCC. The van der Waals surface area contributed by atoms with Crippen molar-refractivity contribution < 1.29 is 31.5 Å². The molecule has 0 aliphatic heterocycles. The molecular formula is C20H36O8Sn. The molecule has 0 spiro atoms. The van der Waals surface area contributed by atoms with Crippen LogP contribution in [0.15, 0.2) is 0 Å². The predicted octanol–water partition coefficient (Wildman–Crippen LogP) is 4.36. The predicted molar refractivity (Wildman–Crippen MR) is 108 cm³/mol. The third kappa shape index (κ3) is 15.2. The van der Waals surface area contributed by atoms with Crippen LogP contribution in [0.2, 0.25) is 0 Å². The van der Waals surface area contributed by atoms with E-state index in [9.17, 15) is 19.2 Å². The maximum atomic E-state index is 12.2. The molecule has 0 radical (unpaired) electrons. The second-order valence-electron chi connectivity index (χ2n) is 6.96. The van der Waals surface area contributed by atoms with Crippen molar-refractivity contribution in [2.24, 2.45) is 0 Å². The Labute approximate surface area is 180 Å². The number of hydrogen-bond acceptors (Lipinski definition) is 8. The molecule has 0 heterocycles. The second-order valence-corrected chi connectivity index (χ2v) is 12.1. The summed E-state index contributed by atoms with van der Waals surface area (Å²) in [5.41, 5.74) is 0. The molecular weight excluding hydrogens is 487 g/mol. The Hall–Kier alpha value is -1.32. The van der Waals surface area contributed by atoms with Crippen molar-refractivity contribution in [3.8, 4) is 0 Å². The van der Waals surface area contributed by atoms with Crippen LogP contribution >= 0.6 is 0 Å². The van der Waals surface area contributed by atoms with Crippen LogP contribution in [-0.4, -0.2) is 43.9 Å². The van der Waals surface area contributed by atoms with Gasteiger partial charge in [-0.2, -0.15) is 0 Å². The summed E-state index contributed by atoms with van der Waals surface area (Å²) in [7, 11) is 0. The summed E-state index contributed by atoms with van der Waals surface area (Å²) in [6, 6.07) is 0. The number of hydrogen-bond donors (Lipinski definition) is 0. The van der Waals surface area contributed by atoms with E-state index < -0.39 is 43.9 Å². The molecule has 0 fully saturated rings. The molecule has 29 heavy (non-hydrogen) atoms. The molecule has 0 rings (SSSR count). The van der Waals surface area contributed by atoms with Gasteiger partial charge in [0.1, 0.15) is 0 Å². The van der Waals surface area contributed by atoms with Gasteiger partial charge in [-0.05, 0) is 0 Å². The molecule has 0 aromatic carbocycles. The van der Waals surface area contributed by atoms with E-state index in [1.54, 1.807) is 0 Å². The first-order valence-corrected chi connectivity index (χ1v) is 15.2. The fourth-order valence-electron chi connectivity index (χ4n) is 2.60. The minimum absolute atomic E-state index is 0.0689. The molecule has 0 N–H and O–H groups in total. The topological polar surface area (TPSA) is 105 Å². The standard InChI is InChI=1S/2C8H16O2.2C2H4O2.Sn/c2*1-2-3-4-5-6-7-8(9)10;2*1-2(3)4;/h2*2-7H2,1H3,(H,9,10);2*1H3,(H,3,4);/q;;;;+4/p-4. The summed E-state index contributed by atoms with van der Waals surface area (Å²) in [5.74, 6) is -3.08. The van der Waals surface area contributed by atoms with E-state index in [1.165, 1.54) is 0 Å². The Bertz CT molecular complexity index is 475. The molecule has 0 bridgehead atoms. The van der Waals surface area contributed by atoms with Gasteiger partial charge in [0.15, 0.2) is 0 Å². The summed E-state index contributed by atoms with van der Waals surface area (Å²) in [4.78, 5) is 47.5. The third-order valence-corrected chi connectivity index (χ3v) is 9.78. The molecule has 0 unspecified atom stereocenters. The van der Waals surface area contributed by atoms with Gasteiger partial charge >= 0.3 is 180 Å². The van der Waals surface area contributed by atoms with Crippen LogP contribution in [-0.2, 0) is 31.5 Å². The first kappa shape index (κ1) is 27.7. The molecule has 0 amide bonds. The molecule has 0 aliphatic carbocycles. The molecule has 168 valence electrons. The molecule has 0 aromatic rings. The Morgan fingerprint density at radius 1 is 0.552 bits per heavy atom. The molecule has 0 saturated heterocycles. The average molecular weight is 523 g/mol. The van der Waals surface area contributed by atoms with Gasteiger partial charge < -0.3 is 0 Å². The van der Waals surface area contributed by atoms with Crippen molar-refractivity contribution in [1.29, 1.82) is 0 Å². The Morgan fingerprint density at radius 3 is 1.21 bits per heavy atom. The van der Waals surface area contributed by atoms with Crippen LogP contribution in [0.1, 0.15) is 105 Å². The van der Waals surface area contributed by atoms with Gasteiger partial charge in [-0.15, -0.1) is 0 Å². The molecule has 0 saturated carbocycles. The molecule has 8 nitrogen and oxygen atoms in total. The van der Waals surface area contributed by atoms with Crippen molar-refractivity contribution in [3.05, 3.63) is 0 Å². The summed E-state index contributed by atoms with van der Waals surface area (Å²) >= 11 is -5.51. The van der Waals surface area contributed by atoms with Gasteiger partial charge in [0, 0.05) is 0 Å². The minimum atomic E-state index is -5.51. The van der Waals surface area contributed by atoms with Crippen LogP contribution in [0.3, 0.4) is 0 Å². The van der Waals surface area contributed by atoms with Gasteiger partial charge in [-0.1, -0.05) is 0 Å². The normalized spacial score (nSPS) is 10.9. The van der Waals surface area contributed by atoms with Crippen molar-refractivity contribution in [3.63, 3.8) is 0 Å². The number of carbonyl (C=O) groups excluding carboxylic acids is 4. The molecule has 9 heteroatoms. The number of unbranched alkanes of at least 4 members (excludes halogenated alkanes) is 8. The van der Waals surface area contributed by atoms with Crippen LogP contribution in [0.5, 0.6) is 0 Å². The first-order valence-electron chi connectivity index (χ1n) is 10.6. The van der Waals surface area contributed by atoms with Crippen LogP contribution in [0, 0.1) is 0 Å². The van der Waals surface area contributed by atoms with E-state index in [2.05, 4.69) is 13.8 Å². The van der Waals surface area contributed by atoms with E-state index in [0.717, 1.165) is 65.2 Å². The van der Waals surface area contributed by atoms with Gasteiger partial charge in [0.2, 0.25) is 0 Å². The monoisotopic (exact) mass is 524 g/mol. The zero-order chi connectivity index (χ0) is 22.1. The van der Waals surface area contributed by atoms with E-state index in [4.69, 9.17) is 12.3 Å². The van der Waals surface area contributed by atoms with Gasteiger partial charge in [0.25, 0.3) is 0 Å². The Balaban J connectivity index is 4.93.